The summed E-state index contributed by atoms with van der Waals surface area (Å²) in [7, 11) is 2.01. The van der Waals surface area contributed by atoms with E-state index in [4.69, 9.17) is 0 Å². The lowest BCUT2D eigenvalue weighted by molar-refractivity contribution is 0.257. The van der Waals surface area contributed by atoms with Gasteiger partial charge in [-0.1, -0.05) is 36.5 Å². The van der Waals surface area contributed by atoms with Crippen LogP contribution in [0, 0.1) is 0 Å². The summed E-state index contributed by atoms with van der Waals surface area (Å²) in [6, 6.07) is 0. The molecule has 17 heavy (non-hydrogen) atoms. The van der Waals surface area contributed by atoms with E-state index < -0.39 is 0 Å². The van der Waals surface area contributed by atoms with Gasteiger partial charge in [0.2, 0.25) is 0 Å². The van der Waals surface area contributed by atoms with Gasteiger partial charge in [0.15, 0.2) is 0 Å². The summed E-state index contributed by atoms with van der Waals surface area (Å²) in [5.74, 6) is 0. The van der Waals surface area contributed by atoms with Crippen LogP contribution in [0.5, 0.6) is 0 Å². The number of hydrogen-bond donors (Lipinski definition) is 2. The molecule has 1 aliphatic carbocycles. The summed E-state index contributed by atoms with van der Waals surface area (Å²) in [4.78, 5) is 0. The Bertz CT molecular complexity index is 350. The van der Waals surface area contributed by atoms with Gasteiger partial charge in [0.1, 0.15) is 0 Å². The Hall–Kier alpha value is -1.48. The first-order chi connectivity index (χ1) is 8.09. The summed E-state index contributed by atoms with van der Waals surface area (Å²) in [6.45, 7) is 7.89. The van der Waals surface area contributed by atoms with Gasteiger partial charge in [0, 0.05) is 24.9 Å². The molecule has 1 rings (SSSR count). The fourth-order valence-electron chi connectivity index (χ4n) is 1.60. The maximum absolute atomic E-state index is 3.79. The summed E-state index contributed by atoms with van der Waals surface area (Å²) < 4.78 is 0. The highest BCUT2D eigenvalue weighted by molar-refractivity contribution is 5.16. The van der Waals surface area contributed by atoms with Crippen LogP contribution in [0.1, 0.15) is 33.1 Å². The highest BCUT2D eigenvalue weighted by atomic mass is 15.7. The van der Waals surface area contributed by atoms with E-state index in [1.165, 1.54) is 11.3 Å². The molecule has 0 saturated heterocycles. The van der Waals surface area contributed by atoms with Gasteiger partial charge in [-0.15, -0.1) is 5.53 Å². The van der Waals surface area contributed by atoms with Gasteiger partial charge in [0.05, 0.1) is 0 Å². The topological polar surface area (TPSA) is 27.3 Å². The molecule has 0 bridgehead atoms. The van der Waals surface area contributed by atoms with Gasteiger partial charge in [-0.05, 0) is 26.7 Å². The van der Waals surface area contributed by atoms with Crippen LogP contribution in [0.15, 0.2) is 47.9 Å². The second-order valence-corrected chi connectivity index (χ2v) is 4.44. The van der Waals surface area contributed by atoms with Crippen molar-refractivity contribution in [2.24, 2.45) is 0 Å². The zero-order chi connectivity index (χ0) is 12.7. The first kappa shape index (κ1) is 13.6. The lowest BCUT2D eigenvalue weighted by Gasteiger charge is -2.24. The minimum absolute atomic E-state index is 0.896. The predicted molar refractivity (Wildman–Crippen MR) is 73.7 cm³/mol. The molecule has 3 nitrogen and oxygen atoms in total. The van der Waals surface area contributed by atoms with Crippen molar-refractivity contribution in [3.63, 3.8) is 0 Å². The van der Waals surface area contributed by atoms with Gasteiger partial charge in [-0.2, -0.15) is 0 Å². The average Bonchev–Trinajstić information content (AvgIpc) is 2.38. The van der Waals surface area contributed by atoms with E-state index in [1.807, 2.05) is 19.0 Å². The molecule has 0 atom stereocenters. The molecule has 1 aliphatic rings. The van der Waals surface area contributed by atoms with Crippen molar-refractivity contribution in [2.45, 2.75) is 33.1 Å². The molecule has 0 aromatic carbocycles. The van der Waals surface area contributed by atoms with Crippen LogP contribution in [-0.2, 0) is 0 Å². The zero-order valence-electron chi connectivity index (χ0n) is 11.1. The average molecular weight is 233 g/mol. The summed E-state index contributed by atoms with van der Waals surface area (Å²) >= 11 is 0. The third-order valence-electron chi connectivity index (χ3n) is 2.59. The highest BCUT2D eigenvalue weighted by Crippen LogP contribution is 2.15. The highest BCUT2D eigenvalue weighted by Gasteiger charge is 2.05. The van der Waals surface area contributed by atoms with Crippen molar-refractivity contribution in [1.82, 2.24) is 16.0 Å². The zero-order valence-corrected chi connectivity index (χ0v) is 11.1. The Morgan fingerprint density at radius 3 is 2.59 bits per heavy atom. The quantitative estimate of drug-likeness (QED) is 0.577. The maximum Gasteiger partial charge on any atom is 0.0311 e. The van der Waals surface area contributed by atoms with Crippen LogP contribution >= 0.6 is 0 Å². The summed E-state index contributed by atoms with van der Waals surface area (Å²) in [5, 5.41) is 2.01. The third kappa shape index (κ3) is 5.41. The number of allylic oxidation sites excluding steroid dienone is 6. The molecular weight excluding hydrogens is 210 g/mol. The smallest absolute Gasteiger partial charge is 0.0311 e. The SMILES string of the molecule is C=C(C)NNN(C)C1=CC/C=C\C/C=C(\C)C1. The van der Waals surface area contributed by atoms with Crippen LogP contribution in [0.4, 0.5) is 0 Å². The largest absolute Gasteiger partial charge is 0.309 e. The Labute approximate surface area is 105 Å². The maximum atomic E-state index is 3.79. The molecule has 0 aromatic rings. The molecule has 0 heterocycles. The first-order valence-corrected chi connectivity index (χ1v) is 6.00. The molecule has 0 spiro atoms. The van der Waals surface area contributed by atoms with E-state index in [0.29, 0.717) is 0 Å². The number of rotatable bonds is 4. The van der Waals surface area contributed by atoms with Crippen molar-refractivity contribution in [1.29, 1.82) is 0 Å². The number of nitrogens with zero attached hydrogens (tertiary/aromatic N) is 1. The molecule has 94 valence electrons. The Kier molecular flexibility index (Phi) is 5.57. The molecule has 0 aliphatic heterocycles. The van der Waals surface area contributed by atoms with Gasteiger partial charge in [-0.25, -0.2) is 0 Å². The van der Waals surface area contributed by atoms with E-state index in [1.54, 1.807) is 0 Å². The monoisotopic (exact) mass is 233 g/mol. The normalized spacial score (nSPS) is 21.1. The molecule has 0 amide bonds. The van der Waals surface area contributed by atoms with Crippen molar-refractivity contribution >= 4 is 0 Å². The van der Waals surface area contributed by atoms with Gasteiger partial charge >= 0.3 is 0 Å². The standard InChI is InChI=1S/C14H23N3/c1-12(2)15-16-17(4)14-10-8-6-5-7-9-13(3)11-14/h5-6,9-10,15-16H,1,7-8,11H2,2-4H3/b6-5-,13-9+,14-10?. The molecule has 2 N–H and O–H groups in total. The third-order valence-corrected chi connectivity index (χ3v) is 2.59. The Balaban J connectivity index is 2.64. The number of nitrogens with one attached hydrogen (secondary N) is 2. The fraction of sp³-hybridized carbons (Fsp3) is 0.429. The lowest BCUT2D eigenvalue weighted by atomic mass is 10.1. The van der Waals surface area contributed by atoms with Crippen molar-refractivity contribution in [2.75, 3.05) is 7.05 Å². The molecule has 0 aromatic heterocycles. The van der Waals surface area contributed by atoms with Crippen LogP contribution < -0.4 is 11.0 Å². The van der Waals surface area contributed by atoms with Crippen LogP contribution in [-0.4, -0.2) is 12.1 Å². The minimum atomic E-state index is 0.896. The van der Waals surface area contributed by atoms with E-state index in [9.17, 15) is 0 Å². The number of hydrogen-bond acceptors (Lipinski definition) is 3. The predicted octanol–water partition coefficient (Wildman–Crippen LogP) is 3.03. The minimum Gasteiger partial charge on any atom is -0.309 e. The second-order valence-electron chi connectivity index (χ2n) is 4.44. The second kappa shape index (κ2) is 6.97. The Morgan fingerprint density at radius 2 is 1.94 bits per heavy atom. The van der Waals surface area contributed by atoms with Crippen LogP contribution in [0.25, 0.3) is 0 Å². The fourth-order valence-corrected chi connectivity index (χ4v) is 1.60. The molecular formula is C14H23N3. The number of hydrazine groups is 2. The van der Waals surface area contributed by atoms with E-state index in [-0.39, 0.29) is 0 Å². The van der Waals surface area contributed by atoms with Crippen LogP contribution in [0.2, 0.25) is 0 Å². The van der Waals surface area contributed by atoms with Gasteiger partial charge in [-0.3, -0.25) is 5.01 Å². The van der Waals surface area contributed by atoms with Gasteiger partial charge < -0.3 is 5.43 Å². The van der Waals surface area contributed by atoms with Gasteiger partial charge in [0.25, 0.3) is 0 Å². The van der Waals surface area contributed by atoms with Crippen molar-refractivity contribution in [3.05, 3.63) is 47.9 Å². The first-order valence-electron chi connectivity index (χ1n) is 6.00. The Morgan fingerprint density at radius 1 is 1.29 bits per heavy atom. The molecule has 0 unspecified atom stereocenters. The van der Waals surface area contributed by atoms with E-state index in [2.05, 4.69) is 48.8 Å². The summed E-state index contributed by atoms with van der Waals surface area (Å²) in [6.07, 6.45) is 11.9. The summed E-state index contributed by atoms with van der Waals surface area (Å²) in [5.41, 5.74) is 9.67. The molecule has 0 saturated carbocycles. The van der Waals surface area contributed by atoms with Crippen molar-refractivity contribution in [3.8, 4) is 0 Å². The lowest BCUT2D eigenvalue weighted by Crippen LogP contribution is -2.42. The molecule has 0 radical (unpaired) electrons. The molecule has 0 fully saturated rings. The van der Waals surface area contributed by atoms with Crippen molar-refractivity contribution < 1.29 is 0 Å². The van der Waals surface area contributed by atoms with E-state index >= 15 is 0 Å². The molecule has 3 heteroatoms. The van der Waals surface area contributed by atoms with E-state index in [0.717, 1.165) is 25.0 Å². The van der Waals surface area contributed by atoms with Crippen LogP contribution in [0.3, 0.4) is 0 Å².